The maximum absolute atomic E-state index is 12.9. The number of amides is 3. The standard InChI is InChI=1S/C18H21ClN4O3/c19-12-7-11(9-22-5-3-20-4-6-22)14-10-23(18(26)13(14)8-12)15-1-2-16(24)21-17(15)25/h7-8,15,20H,1-6,9-10H2,(H,21,24,25). The van der Waals surface area contributed by atoms with E-state index in [4.69, 9.17) is 11.6 Å². The highest BCUT2D eigenvalue weighted by molar-refractivity contribution is 6.31. The first kappa shape index (κ1) is 17.5. The molecule has 7 nitrogen and oxygen atoms in total. The zero-order valence-corrected chi connectivity index (χ0v) is 15.1. The molecule has 2 N–H and O–H groups in total. The topological polar surface area (TPSA) is 81.8 Å². The summed E-state index contributed by atoms with van der Waals surface area (Å²) in [4.78, 5) is 40.4. The first-order valence-corrected chi connectivity index (χ1v) is 9.30. The molecule has 0 bridgehead atoms. The quantitative estimate of drug-likeness (QED) is 0.751. The van der Waals surface area contributed by atoms with E-state index in [1.807, 2.05) is 6.07 Å². The number of nitrogens with one attached hydrogen (secondary N) is 2. The van der Waals surface area contributed by atoms with Gasteiger partial charge in [0.2, 0.25) is 11.8 Å². The van der Waals surface area contributed by atoms with Crippen LogP contribution in [-0.4, -0.2) is 59.7 Å². The van der Waals surface area contributed by atoms with Crippen molar-refractivity contribution < 1.29 is 14.4 Å². The zero-order valence-electron chi connectivity index (χ0n) is 14.4. The molecule has 0 radical (unpaired) electrons. The summed E-state index contributed by atoms with van der Waals surface area (Å²) in [5.74, 6) is -0.853. The normalized spacial score (nSPS) is 24.0. The lowest BCUT2D eigenvalue weighted by Gasteiger charge is -2.30. The van der Waals surface area contributed by atoms with E-state index in [-0.39, 0.29) is 18.2 Å². The predicted molar refractivity (Wildman–Crippen MR) is 95.6 cm³/mol. The molecule has 8 heteroatoms. The Hall–Kier alpha value is -1.96. The number of carbonyl (C=O) groups is 3. The fourth-order valence-electron chi connectivity index (χ4n) is 3.95. The molecule has 1 atom stereocenters. The average Bonchev–Trinajstić information content (AvgIpc) is 2.93. The van der Waals surface area contributed by atoms with Crippen LogP contribution in [0.4, 0.5) is 0 Å². The molecule has 0 saturated carbocycles. The van der Waals surface area contributed by atoms with Crippen LogP contribution in [0.3, 0.4) is 0 Å². The Morgan fingerprint density at radius 1 is 1.15 bits per heavy atom. The van der Waals surface area contributed by atoms with Crippen molar-refractivity contribution in [3.05, 3.63) is 33.8 Å². The molecule has 3 aliphatic heterocycles. The van der Waals surface area contributed by atoms with Crippen LogP contribution in [0.2, 0.25) is 5.02 Å². The smallest absolute Gasteiger partial charge is 0.255 e. The lowest BCUT2D eigenvalue weighted by molar-refractivity contribution is -0.136. The Morgan fingerprint density at radius 3 is 2.65 bits per heavy atom. The van der Waals surface area contributed by atoms with Crippen LogP contribution in [0, 0.1) is 0 Å². The molecule has 2 saturated heterocycles. The summed E-state index contributed by atoms with van der Waals surface area (Å²) in [5, 5.41) is 6.19. The van der Waals surface area contributed by atoms with Crippen molar-refractivity contribution in [2.45, 2.75) is 32.0 Å². The van der Waals surface area contributed by atoms with Crippen LogP contribution >= 0.6 is 11.6 Å². The fraction of sp³-hybridized carbons (Fsp3) is 0.500. The minimum atomic E-state index is -0.599. The molecule has 3 heterocycles. The number of carbonyl (C=O) groups excluding carboxylic acids is 3. The highest BCUT2D eigenvalue weighted by Gasteiger charge is 2.40. The number of nitrogens with zero attached hydrogens (tertiary/aromatic N) is 2. The molecular formula is C18H21ClN4O3. The highest BCUT2D eigenvalue weighted by atomic mass is 35.5. The predicted octanol–water partition coefficient (Wildman–Crippen LogP) is 0.506. The molecule has 4 rings (SSSR count). The van der Waals surface area contributed by atoms with Gasteiger partial charge in [-0.2, -0.15) is 0 Å². The van der Waals surface area contributed by atoms with Gasteiger partial charge in [0.15, 0.2) is 0 Å². The SMILES string of the molecule is O=C1CCC(N2Cc3c(CN4CCNCC4)cc(Cl)cc3C2=O)C(=O)N1. The van der Waals surface area contributed by atoms with E-state index in [1.54, 1.807) is 11.0 Å². The lowest BCUT2D eigenvalue weighted by atomic mass is 10.0. The molecular weight excluding hydrogens is 356 g/mol. The van der Waals surface area contributed by atoms with Crippen molar-refractivity contribution in [2.24, 2.45) is 0 Å². The van der Waals surface area contributed by atoms with Gasteiger partial charge in [0.05, 0.1) is 0 Å². The number of halogens is 1. The molecule has 1 aromatic carbocycles. The minimum absolute atomic E-state index is 0.182. The summed E-state index contributed by atoms with van der Waals surface area (Å²) in [6.07, 6.45) is 0.621. The Morgan fingerprint density at radius 2 is 1.92 bits per heavy atom. The summed E-state index contributed by atoms with van der Waals surface area (Å²) in [6, 6.07) is 3.01. The summed E-state index contributed by atoms with van der Waals surface area (Å²) < 4.78 is 0. The van der Waals surface area contributed by atoms with E-state index in [0.29, 0.717) is 23.6 Å². The van der Waals surface area contributed by atoms with E-state index < -0.39 is 11.9 Å². The van der Waals surface area contributed by atoms with E-state index in [9.17, 15) is 14.4 Å². The van der Waals surface area contributed by atoms with E-state index in [1.165, 1.54) is 0 Å². The first-order chi connectivity index (χ1) is 12.5. The van der Waals surface area contributed by atoms with Crippen molar-refractivity contribution in [1.29, 1.82) is 0 Å². The average molecular weight is 377 g/mol. The Bertz CT molecular complexity index is 776. The minimum Gasteiger partial charge on any atom is -0.322 e. The second-order valence-corrected chi connectivity index (χ2v) is 7.45. The number of piperazine rings is 1. The molecule has 26 heavy (non-hydrogen) atoms. The van der Waals surface area contributed by atoms with Gasteiger partial charge in [-0.25, -0.2) is 0 Å². The molecule has 3 amide bonds. The maximum atomic E-state index is 12.9. The van der Waals surface area contributed by atoms with E-state index >= 15 is 0 Å². The molecule has 138 valence electrons. The third-order valence-electron chi connectivity index (χ3n) is 5.32. The summed E-state index contributed by atoms with van der Waals surface area (Å²) >= 11 is 6.27. The molecule has 0 spiro atoms. The third kappa shape index (κ3) is 3.22. The Labute approximate surface area is 156 Å². The molecule has 1 unspecified atom stereocenters. The zero-order chi connectivity index (χ0) is 18.3. The van der Waals surface area contributed by atoms with Gasteiger partial charge in [0, 0.05) is 56.3 Å². The van der Waals surface area contributed by atoms with Gasteiger partial charge in [0.25, 0.3) is 5.91 Å². The largest absolute Gasteiger partial charge is 0.322 e. The fourth-order valence-corrected chi connectivity index (χ4v) is 4.19. The first-order valence-electron chi connectivity index (χ1n) is 8.92. The highest BCUT2D eigenvalue weighted by Crippen LogP contribution is 2.33. The van der Waals surface area contributed by atoms with Crippen molar-refractivity contribution in [2.75, 3.05) is 26.2 Å². The maximum Gasteiger partial charge on any atom is 0.255 e. The van der Waals surface area contributed by atoms with Crippen molar-refractivity contribution in [1.82, 2.24) is 20.4 Å². The molecule has 0 aromatic heterocycles. The number of hydrogen-bond acceptors (Lipinski definition) is 5. The lowest BCUT2D eigenvalue weighted by Crippen LogP contribution is -2.52. The Balaban J connectivity index is 1.59. The van der Waals surface area contributed by atoms with Gasteiger partial charge in [-0.05, 0) is 29.7 Å². The number of rotatable bonds is 3. The van der Waals surface area contributed by atoms with Crippen LogP contribution in [0.5, 0.6) is 0 Å². The number of hydrogen-bond donors (Lipinski definition) is 2. The van der Waals surface area contributed by atoms with Crippen LogP contribution in [0.1, 0.15) is 34.3 Å². The molecule has 1 aromatic rings. The van der Waals surface area contributed by atoms with Crippen molar-refractivity contribution >= 4 is 29.3 Å². The summed E-state index contributed by atoms with van der Waals surface area (Å²) in [6.45, 7) is 4.92. The van der Waals surface area contributed by atoms with Crippen LogP contribution in [-0.2, 0) is 22.7 Å². The van der Waals surface area contributed by atoms with Gasteiger partial charge in [-0.3, -0.25) is 24.6 Å². The van der Waals surface area contributed by atoms with E-state index in [0.717, 1.165) is 43.9 Å². The Kier molecular flexibility index (Phi) is 4.69. The number of piperidine rings is 1. The number of fused-ring (bicyclic) bond motifs is 1. The summed E-state index contributed by atoms with van der Waals surface area (Å²) in [5.41, 5.74) is 2.56. The monoisotopic (exact) mass is 376 g/mol. The van der Waals surface area contributed by atoms with Crippen LogP contribution < -0.4 is 10.6 Å². The molecule has 3 aliphatic rings. The second kappa shape index (κ2) is 6.98. The van der Waals surface area contributed by atoms with Gasteiger partial charge in [-0.15, -0.1) is 0 Å². The third-order valence-corrected chi connectivity index (χ3v) is 5.53. The summed E-state index contributed by atoms with van der Waals surface area (Å²) in [7, 11) is 0. The van der Waals surface area contributed by atoms with Gasteiger partial charge < -0.3 is 10.2 Å². The molecule has 2 fully saturated rings. The van der Waals surface area contributed by atoms with Gasteiger partial charge >= 0.3 is 0 Å². The van der Waals surface area contributed by atoms with Crippen molar-refractivity contribution in [3.8, 4) is 0 Å². The van der Waals surface area contributed by atoms with Crippen LogP contribution in [0.15, 0.2) is 12.1 Å². The van der Waals surface area contributed by atoms with Gasteiger partial charge in [-0.1, -0.05) is 11.6 Å². The van der Waals surface area contributed by atoms with Crippen LogP contribution in [0.25, 0.3) is 0 Å². The molecule has 0 aliphatic carbocycles. The van der Waals surface area contributed by atoms with Crippen molar-refractivity contribution in [3.63, 3.8) is 0 Å². The van der Waals surface area contributed by atoms with E-state index in [2.05, 4.69) is 15.5 Å². The van der Waals surface area contributed by atoms with Gasteiger partial charge in [0.1, 0.15) is 6.04 Å². The second-order valence-electron chi connectivity index (χ2n) is 7.02. The number of benzene rings is 1. The number of imide groups is 1.